The van der Waals surface area contributed by atoms with Crippen LogP contribution < -0.4 is 5.32 Å². The van der Waals surface area contributed by atoms with Crippen molar-refractivity contribution in [2.75, 3.05) is 25.6 Å². The zero-order valence-corrected chi connectivity index (χ0v) is 18.1. The Kier molecular flexibility index (Phi) is 10.7. The van der Waals surface area contributed by atoms with Crippen molar-refractivity contribution in [2.45, 2.75) is 65.0 Å². The van der Waals surface area contributed by atoms with Crippen molar-refractivity contribution in [3.05, 3.63) is 0 Å². The van der Waals surface area contributed by atoms with E-state index in [1.54, 1.807) is 0 Å². The first-order valence-corrected chi connectivity index (χ1v) is 15.7. The molecular weight excluding hydrogens is 332 g/mol. The molecule has 0 bridgehead atoms. The molecule has 0 rings (SSSR count). The highest BCUT2D eigenvalue weighted by Crippen LogP contribution is 2.11. The zero-order valence-electron chi connectivity index (χ0n) is 15.3. The van der Waals surface area contributed by atoms with E-state index in [2.05, 4.69) is 44.6 Å². The van der Waals surface area contributed by atoms with E-state index in [0.717, 1.165) is 38.1 Å². The van der Waals surface area contributed by atoms with Gasteiger partial charge in [-0.2, -0.15) is 0 Å². The molecule has 0 aliphatic rings. The molecule has 0 aliphatic heterocycles. The number of hydrogen-bond acceptors (Lipinski definition) is 2. The van der Waals surface area contributed by atoms with E-state index in [1.165, 1.54) is 0 Å². The van der Waals surface area contributed by atoms with Gasteiger partial charge in [-0.15, -0.1) is 11.6 Å². The number of carbonyl (C=O) groups is 1. The molecule has 0 saturated heterocycles. The third kappa shape index (κ3) is 11.5. The fourth-order valence-electron chi connectivity index (χ4n) is 2.05. The van der Waals surface area contributed by atoms with Crippen LogP contribution in [0.25, 0.3) is 0 Å². The SMILES string of the molecule is C[Si](C)(C)OCCN(C(=O)NCCCCCCCl)[Si](C)(C)C. The van der Waals surface area contributed by atoms with E-state index in [-0.39, 0.29) is 6.03 Å². The maximum Gasteiger partial charge on any atom is 0.309 e. The Hall–Kier alpha value is -0.0462. The number of amides is 2. The molecule has 0 aliphatic carbocycles. The predicted molar refractivity (Wildman–Crippen MR) is 102 cm³/mol. The van der Waals surface area contributed by atoms with Crippen molar-refractivity contribution < 1.29 is 9.22 Å². The number of unbranched alkanes of at least 4 members (excludes halogenated alkanes) is 3. The second-order valence-corrected chi connectivity index (χ2v) is 17.4. The summed E-state index contributed by atoms with van der Waals surface area (Å²) >= 11 is 5.66. The van der Waals surface area contributed by atoms with Gasteiger partial charge in [-0.3, -0.25) is 0 Å². The van der Waals surface area contributed by atoms with Gasteiger partial charge in [0.25, 0.3) is 0 Å². The largest absolute Gasteiger partial charge is 0.416 e. The van der Waals surface area contributed by atoms with Crippen LogP contribution in [0.4, 0.5) is 4.79 Å². The molecule has 2 amide bonds. The maximum absolute atomic E-state index is 12.4. The monoisotopic (exact) mass is 366 g/mol. The summed E-state index contributed by atoms with van der Waals surface area (Å²) in [5.41, 5.74) is 0. The van der Waals surface area contributed by atoms with Gasteiger partial charge < -0.3 is 14.3 Å². The molecule has 0 radical (unpaired) electrons. The highest BCUT2D eigenvalue weighted by Gasteiger charge is 2.28. The third-order valence-electron chi connectivity index (χ3n) is 3.24. The van der Waals surface area contributed by atoms with E-state index in [0.29, 0.717) is 13.2 Å². The lowest BCUT2D eigenvalue weighted by molar-refractivity contribution is 0.209. The van der Waals surface area contributed by atoms with Crippen LogP contribution in [0.2, 0.25) is 39.3 Å². The lowest BCUT2D eigenvalue weighted by Crippen LogP contribution is -2.55. The van der Waals surface area contributed by atoms with Gasteiger partial charge in [-0.1, -0.05) is 32.5 Å². The summed E-state index contributed by atoms with van der Waals surface area (Å²) in [6.07, 6.45) is 4.35. The lowest BCUT2D eigenvalue weighted by Gasteiger charge is -2.35. The van der Waals surface area contributed by atoms with Gasteiger partial charge >= 0.3 is 6.03 Å². The molecule has 0 aromatic heterocycles. The Morgan fingerprint density at radius 3 is 2.14 bits per heavy atom. The standard InChI is InChI=1S/C15H35ClN2O2Si2/c1-21(2,3)18(13-14-20-22(4,5)6)15(19)17-12-10-8-7-9-11-16/h7-14H2,1-6H3,(H,17,19). The number of rotatable bonds is 11. The fraction of sp³-hybridized carbons (Fsp3) is 0.933. The van der Waals surface area contributed by atoms with Crippen LogP contribution in [0, 0.1) is 0 Å². The summed E-state index contributed by atoms with van der Waals surface area (Å²) in [5, 5.41) is 3.06. The first-order chi connectivity index (χ1) is 10.1. The zero-order chi connectivity index (χ0) is 17.2. The van der Waals surface area contributed by atoms with Crippen molar-refractivity contribution in [3.8, 4) is 0 Å². The van der Waals surface area contributed by atoms with Crippen molar-refractivity contribution >= 4 is 34.2 Å². The first kappa shape index (κ1) is 22.0. The maximum atomic E-state index is 12.4. The van der Waals surface area contributed by atoms with E-state index < -0.39 is 16.6 Å². The Balaban J connectivity index is 4.19. The molecule has 0 unspecified atom stereocenters. The van der Waals surface area contributed by atoms with Crippen molar-refractivity contribution in [2.24, 2.45) is 0 Å². The van der Waals surface area contributed by atoms with Gasteiger partial charge in [0.2, 0.25) is 0 Å². The van der Waals surface area contributed by atoms with E-state index in [9.17, 15) is 4.79 Å². The Morgan fingerprint density at radius 2 is 1.64 bits per heavy atom. The normalized spacial score (nSPS) is 12.3. The summed E-state index contributed by atoms with van der Waals surface area (Å²) in [7, 11) is -3.20. The van der Waals surface area contributed by atoms with Gasteiger partial charge in [0.05, 0.1) is 6.61 Å². The van der Waals surface area contributed by atoms with Crippen LogP contribution in [-0.4, -0.2) is 52.7 Å². The third-order valence-corrected chi connectivity index (χ3v) is 6.63. The van der Waals surface area contributed by atoms with Crippen molar-refractivity contribution in [1.29, 1.82) is 0 Å². The first-order valence-electron chi connectivity index (χ1n) is 8.33. The second-order valence-electron chi connectivity index (χ2n) is 7.62. The van der Waals surface area contributed by atoms with Gasteiger partial charge in [-0.05, 0) is 32.5 Å². The predicted octanol–water partition coefficient (Wildman–Crippen LogP) is 4.48. The van der Waals surface area contributed by atoms with Crippen molar-refractivity contribution in [1.82, 2.24) is 9.88 Å². The number of urea groups is 1. The van der Waals surface area contributed by atoms with Gasteiger partial charge in [-0.25, -0.2) is 4.79 Å². The summed E-state index contributed by atoms with van der Waals surface area (Å²) in [6.45, 7) is 15.2. The molecule has 0 aromatic carbocycles. The van der Waals surface area contributed by atoms with E-state index in [4.69, 9.17) is 16.0 Å². The Morgan fingerprint density at radius 1 is 1.05 bits per heavy atom. The molecule has 0 aromatic rings. The number of alkyl halides is 1. The summed E-state index contributed by atoms with van der Waals surface area (Å²) < 4.78 is 7.91. The molecule has 0 saturated carbocycles. The minimum atomic E-state index is -1.69. The summed E-state index contributed by atoms with van der Waals surface area (Å²) in [6, 6.07) is 0.0654. The number of nitrogens with one attached hydrogen (secondary N) is 1. The smallest absolute Gasteiger partial charge is 0.309 e. The average Bonchev–Trinajstić information content (AvgIpc) is 2.36. The summed E-state index contributed by atoms with van der Waals surface area (Å²) in [5.74, 6) is 0.729. The van der Waals surface area contributed by atoms with Crippen LogP contribution in [0.1, 0.15) is 25.7 Å². The second kappa shape index (κ2) is 10.7. The molecule has 0 fully saturated rings. The minimum Gasteiger partial charge on any atom is -0.416 e. The minimum absolute atomic E-state index is 0.0654. The topological polar surface area (TPSA) is 41.6 Å². The van der Waals surface area contributed by atoms with Crippen LogP contribution in [0.5, 0.6) is 0 Å². The Labute approximate surface area is 144 Å². The Bertz CT molecular complexity index is 318. The van der Waals surface area contributed by atoms with Crippen LogP contribution in [0.3, 0.4) is 0 Å². The molecule has 22 heavy (non-hydrogen) atoms. The lowest BCUT2D eigenvalue weighted by atomic mass is 10.2. The average molecular weight is 367 g/mol. The molecule has 7 heteroatoms. The van der Waals surface area contributed by atoms with Gasteiger partial charge in [0.15, 0.2) is 16.6 Å². The molecular formula is C15H35ClN2O2Si2. The summed E-state index contributed by atoms with van der Waals surface area (Å²) in [4.78, 5) is 12.4. The van der Waals surface area contributed by atoms with E-state index >= 15 is 0 Å². The number of halogens is 1. The molecule has 4 nitrogen and oxygen atoms in total. The van der Waals surface area contributed by atoms with E-state index in [1.807, 2.05) is 4.57 Å². The highest BCUT2D eigenvalue weighted by atomic mass is 35.5. The number of nitrogens with zero attached hydrogens (tertiary/aromatic N) is 1. The number of carbonyl (C=O) groups excluding carboxylic acids is 1. The molecule has 0 heterocycles. The quantitative estimate of drug-likeness (QED) is 0.332. The fourth-order valence-corrected chi connectivity index (χ4v) is 4.39. The molecule has 1 N–H and O–H groups in total. The number of hydrogen-bond donors (Lipinski definition) is 1. The van der Waals surface area contributed by atoms with Gasteiger partial charge in [0.1, 0.15) is 0 Å². The molecule has 132 valence electrons. The van der Waals surface area contributed by atoms with Crippen molar-refractivity contribution in [3.63, 3.8) is 0 Å². The van der Waals surface area contributed by atoms with Gasteiger partial charge in [0, 0.05) is 19.0 Å². The van der Waals surface area contributed by atoms with Crippen LogP contribution >= 0.6 is 11.6 Å². The molecule has 0 atom stereocenters. The van der Waals surface area contributed by atoms with Crippen LogP contribution in [-0.2, 0) is 4.43 Å². The van der Waals surface area contributed by atoms with Crippen LogP contribution in [0.15, 0.2) is 0 Å². The molecule has 0 spiro atoms. The highest BCUT2D eigenvalue weighted by molar-refractivity contribution is 6.75.